The summed E-state index contributed by atoms with van der Waals surface area (Å²) >= 11 is 0. The molecule has 3 N–H and O–H groups in total. The number of Topliss-reactive ketones (excluding diaryl/α,β-unsaturated/α-hetero) is 1. The highest BCUT2D eigenvalue weighted by atomic mass is 16.5. The number of ether oxygens (including phenoxy) is 1. The summed E-state index contributed by atoms with van der Waals surface area (Å²) in [5, 5.41) is 29.2. The van der Waals surface area contributed by atoms with E-state index in [1.807, 2.05) is 19.1 Å². The summed E-state index contributed by atoms with van der Waals surface area (Å²) in [5.41, 5.74) is 0. The Kier molecular flexibility index (Phi) is 12.0. The van der Waals surface area contributed by atoms with Gasteiger partial charge in [0.05, 0.1) is 12.2 Å². The SMILES string of the molecule is COCCCCC(C)C(O)/C=C/[C@H]1[C@H](O)CC(=O)[C@@H]1C/C=C\CCCC(=O)O. The minimum atomic E-state index is -0.806. The van der Waals surface area contributed by atoms with E-state index in [4.69, 9.17) is 9.84 Å². The van der Waals surface area contributed by atoms with Crippen LogP contribution in [0.1, 0.15) is 58.3 Å². The van der Waals surface area contributed by atoms with Crippen molar-refractivity contribution in [2.45, 2.75) is 70.5 Å². The molecule has 0 spiro atoms. The van der Waals surface area contributed by atoms with Crippen molar-refractivity contribution < 1.29 is 29.6 Å². The first-order valence-electron chi connectivity index (χ1n) is 10.3. The lowest BCUT2D eigenvalue weighted by atomic mass is 9.89. The molecular weight excluding hydrogens is 360 g/mol. The van der Waals surface area contributed by atoms with E-state index in [2.05, 4.69) is 0 Å². The molecule has 5 atom stereocenters. The van der Waals surface area contributed by atoms with Crippen LogP contribution >= 0.6 is 0 Å². The first-order chi connectivity index (χ1) is 13.4. The second kappa shape index (κ2) is 13.6. The normalized spacial score (nSPS) is 25.0. The van der Waals surface area contributed by atoms with Gasteiger partial charge in [0.25, 0.3) is 0 Å². The molecule has 1 aliphatic carbocycles. The molecule has 1 rings (SSSR count). The molecule has 1 fully saturated rings. The molecule has 0 aliphatic heterocycles. The Bertz CT molecular complexity index is 527. The van der Waals surface area contributed by atoms with Crippen molar-refractivity contribution in [2.24, 2.45) is 17.8 Å². The van der Waals surface area contributed by atoms with Crippen LogP contribution in [0.2, 0.25) is 0 Å². The molecule has 0 aromatic heterocycles. The zero-order valence-corrected chi connectivity index (χ0v) is 17.1. The lowest BCUT2D eigenvalue weighted by Crippen LogP contribution is -2.20. The smallest absolute Gasteiger partial charge is 0.303 e. The van der Waals surface area contributed by atoms with Crippen LogP contribution in [0.15, 0.2) is 24.3 Å². The first-order valence-corrected chi connectivity index (χ1v) is 10.3. The van der Waals surface area contributed by atoms with Gasteiger partial charge >= 0.3 is 5.97 Å². The second-order valence-electron chi connectivity index (χ2n) is 7.76. The maximum Gasteiger partial charge on any atom is 0.303 e. The van der Waals surface area contributed by atoms with E-state index in [1.165, 1.54) is 0 Å². The largest absolute Gasteiger partial charge is 0.481 e. The third-order valence-electron chi connectivity index (χ3n) is 5.42. The zero-order chi connectivity index (χ0) is 20.9. The third kappa shape index (κ3) is 9.13. The Balaban J connectivity index is 2.50. The summed E-state index contributed by atoms with van der Waals surface area (Å²) in [6.07, 6.45) is 10.9. The highest BCUT2D eigenvalue weighted by Gasteiger charge is 2.39. The summed E-state index contributed by atoms with van der Waals surface area (Å²) in [5.74, 6) is -1.23. The molecule has 0 amide bonds. The number of methoxy groups -OCH3 is 1. The molecule has 28 heavy (non-hydrogen) atoms. The lowest BCUT2D eigenvalue weighted by molar-refractivity contribution is -0.137. The molecule has 0 aromatic rings. The molecule has 0 aromatic carbocycles. The number of allylic oxidation sites excluding steroid dienone is 2. The van der Waals surface area contributed by atoms with Gasteiger partial charge in [0.1, 0.15) is 5.78 Å². The maximum atomic E-state index is 12.2. The fourth-order valence-corrected chi connectivity index (χ4v) is 3.57. The summed E-state index contributed by atoms with van der Waals surface area (Å²) < 4.78 is 5.03. The number of aliphatic hydroxyl groups is 2. The summed E-state index contributed by atoms with van der Waals surface area (Å²) in [7, 11) is 1.68. The molecule has 1 aliphatic rings. The Hall–Kier alpha value is -1.50. The van der Waals surface area contributed by atoms with E-state index in [-0.39, 0.29) is 36.4 Å². The van der Waals surface area contributed by atoms with E-state index in [9.17, 15) is 19.8 Å². The number of carbonyl (C=O) groups excluding carboxylic acids is 1. The lowest BCUT2D eigenvalue weighted by Gasteiger charge is -2.19. The van der Waals surface area contributed by atoms with Gasteiger partial charge in [-0.3, -0.25) is 9.59 Å². The standard InChI is InChI=1S/C22H36O6/c1-16(9-7-8-14-28-2)19(23)13-12-18-17(20(24)15-21(18)25)10-5-3-4-6-11-22(26)27/h3,5,12-13,16-19,21,23,25H,4,6-11,14-15H2,1-2H3,(H,26,27)/b5-3-,13-12+/t16?,17-,18-,19?,21-/m1/s1. The quantitative estimate of drug-likeness (QED) is 0.308. The van der Waals surface area contributed by atoms with Crippen molar-refractivity contribution in [1.82, 2.24) is 0 Å². The second-order valence-corrected chi connectivity index (χ2v) is 7.76. The van der Waals surface area contributed by atoms with Crippen molar-refractivity contribution in [3.05, 3.63) is 24.3 Å². The van der Waals surface area contributed by atoms with Crippen LogP contribution in [0.3, 0.4) is 0 Å². The van der Waals surface area contributed by atoms with Gasteiger partial charge in [-0.15, -0.1) is 0 Å². The number of hydrogen-bond donors (Lipinski definition) is 3. The molecule has 6 heteroatoms. The summed E-state index contributed by atoms with van der Waals surface area (Å²) in [6, 6.07) is 0. The molecule has 0 saturated heterocycles. The van der Waals surface area contributed by atoms with Gasteiger partial charge in [0.2, 0.25) is 0 Å². The minimum absolute atomic E-state index is 0.0411. The van der Waals surface area contributed by atoms with Gasteiger partial charge < -0.3 is 20.1 Å². The molecule has 0 heterocycles. The predicted molar refractivity (Wildman–Crippen MR) is 108 cm³/mol. The molecular formula is C22H36O6. The highest BCUT2D eigenvalue weighted by molar-refractivity contribution is 5.84. The number of aliphatic carboxylic acids is 1. The van der Waals surface area contributed by atoms with Gasteiger partial charge in [-0.25, -0.2) is 0 Å². The maximum absolute atomic E-state index is 12.2. The van der Waals surface area contributed by atoms with Crippen LogP contribution in [0, 0.1) is 17.8 Å². The number of unbranched alkanes of at least 4 members (excludes halogenated alkanes) is 2. The monoisotopic (exact) mass is 396 g/mol. The van der Waals surface area contributed by atoms with Gasteiger partial charge in [0, 0.05) is 38.4 Å². The van der Waals surface area contributed by atoms with Crippen LogP contribution in [0.4, 0.5) is 0 Å². The van der Waals surface area contributed by atoms with Gasteiger partial charge in [-0.2, -0.15) is 0 Å². The van der Waals surface area contributed by atoms with E-state index < -0.39 is 18.2 Å². The number of rotatable bonds is 14. The van der Waals surface area contributed by atoms with E-state index in [0.29, 0.717) is 19.3 Å². The molecule has 6 nitrogen and oxygen atoms in total. The number of carboxylic acid groups (broad SMARTS) is 1. The Morgan fingerprint density at radius 2 is 2.04 bits per heavy atom. The van der Waals surface area contributed by atoms with Crippen molar-refractivity contribution in [2.75, 3.05) is 13.7 Å². The Labute approximate surface area is 168 Å². The van der Waals surface area contributed by atoms with Crippen LogP contribution < -0.4 is 0 Å². The van der Waals surface area contributed by atoms with Crippen molar-refractivity contribution >= 4 is 11.8 Å². The van der Waals surface area contributed by atoms with Crippen molar-refractivity contribution in [1.29, 1.82) is 0 Å². The van der Waals surface area contributed by atoms with E-state index >= 15 is 0 Å². The average Bonchev–Trinajstić information content (AvgIpc) is 2.91. The van der Waals surface area contributed by atoms with Crippen LogP contribution in [0.25, 0.3) is 0 Å². The Morgan fingerprint density at radius 1 is 1.29 bits per heavy atom. The molecule has 1 saturated carbocycles. The number of hydrogen-bond acceptors (Lipinski definition) is 5. The van der Waals surface area contributed by atoms with Crippen LogP contribution in [-0.2, 0) is 14.3 Å². The predicted octanol–water partition coefficient (Wildman–Crippen LogP) is 3.12. The van der Waals surface area contributed by atoms with E-state index in [1.54, 1.807) is 19.3 Å². The highest BCUT2D eigenvalue weighted by Crippen LogP contribution is 2.33. The summed E-state index contributed by atoms with van der Waals surface area (Å²) in [4.78, 5) is 22.7. The first kappa shape index (κ1) is 24.5. The van der Waals surface area contributed by atoms with Crippen LogP contribution in [0.5, 0.6) is 0 Å². The van der Waals surface area contributed by atoms with E-state index in [0.717, 1.165) is 25.9 Å². The summed E-state index contributed by atoms with van der Waals surface area (Å²) in [6.45, 7) is 2.72. The fourth-order valence-electron chi connectivity index (χ4n) is 3.57. The third-order valence-corrected chi connectivity index (χ3v) is 5.42. The number of aliphatic hydroxyl groups excluding tert-OH is 2. The van der Waals surface area contributed by atoms with Gasteiger partial charge in [-0.05, 0) is 38.0 Å². The molecule has 160 valence electrons. The van der Waals surface area contributed by atoms with Gasteiger partial charge in [0.15, 0.2) is 0 Å². The minimum Gasteiger partial charge on any atom is -0.481 e. The average molecular weight is 397 g/mol. The fraction of sp³-hybridized carbons (Fsp3) is 0.727. The zero-order valence-electron chi connectivity index (χ0n) is 17.1. The number of ketones is 1. The topological polar surface area (TPSA) is 104 Å². The van der Waals surface area contributed by atoms with Crippen molar-refractivity contribution in [3.8, 4) is 0 Å². The number of carbonyl (C=O) groups is 2. The van der Waals surface area contributed by atoms with Crippen molar-refractivity contribution in [3.63, 3.8) is 0 Å². The molecule has 2 unspecified atom stereocenters. The number of carboxylic acids is 1. The molecule has 0 radical (unpaired) electrons. The van der Waals surface area contributed by atoms with Crippen LogP contribution in [-0.4, -0.2) is 53.0 Å². The van der Waals surface area contributed by atoms with Gasteiger partial charge in [-0.1, -0.05) is 37.6 Å². The molecule has 0 bridgehead atoms. The Morgan fingerprint density at radius 3 is 2.71 bits per heavy atom.